The number of para-hydroxylation sites is 1. The van der Waals surface area contributed by atoms with Crippen LogP contribution in [0.3, 0.4) is 0 Å². The smallest absolute Gasteiger partial charge is 0.263 e. The summed E-state index contributed by atoms with van der Waals surface area (Å²) in [4.78, 5) is 17.5. The third-order valence-electron chi connectivity index (χ3n) is 3.97. The number of carbonyl (C=O) groups is 1. The van der Waals surface area contributed by atoms with Gasteiger partial charge in [-0.2, -0.15) is 0 Å². The molecule has 0 aliphatic carbocycles. The Morgan fingerprint density at radius 1 is 1.12 bits per heavy atom. The minimum atomic E-state index is -0.0190. The zero-order chi connectivity index (χ0) is 17.9. The second kappa shape index (κ2) is 10.9. The molecular formula is C20H28N2O2S. The Morgan fingerprint density at radius 3 is 2.60 bits per heavy atom. The summed E-state index contributed by atoms with van der Waals surface area (Å²) in [6.07, 6.45) is 7.33. The molecule has 0 aliphatic rings. The molecule has 1 N–H and O–H groups in total. The van der Waals surface area contributed by atoms with Gasteiger partial charge < -0.3 is 10.1 Å². The minimum absolute atomic E-state index is 0.0190. The molecule has 0 saturated carbocycles. The molecule has 5 heteroatoms. The molecule has 0 atom stereocenters. The third-order valence-corrected chi connectivity index (χ3v) is 5.10. The summed E-state index contributed by atoms with van der Waals surface area (Å²) < 4.78 is 5.70. The van der Waals surface area contributed by atoms with Crippen LogP contribution in [0.4, 0.5) is 0 Å². The lowest BCUT2D eigenvalue weighted by Crippen LogP contribution is -2.24. The number of aryl methyl sites for hydroxylation is 1. The van der Waals surface area contributed by atoms with Crippen molar-refractivity contribution < 1.29 is 9.53 Å². The standard InChI is InChI=1S/C20H28N2O2S/c1-3-4-5-6-7-11-14-21-20(23)19-16(2)22-18(25-19)15-24-17-12-9-8-10-13-17/h8-10,12-13H,3-7,11,14-15H2,1-2H3,(H,21,23). The first-order valence-electron chi connectivity index (χ1n) is 9.13. The number of thiazole rings is 1. The summed E-state index contributed by atoms with van der Waals surface area (Å²) in [5.41, 5.74) is 0.775. The molecule has 2 aromatic rings. The SMILES string of the molecule is CCCCCCCCNC(=O)c1sc(COc2ccccc2)nc1C. The van der Waals surface area contributed by atoms with Gasteiger partial charge in [0, 0.05) is 6.54 Å². The molecule has 1 amide bonds. The number of rotatable bonds is 11. The molecule has 0 fully saturated rings. The first-order chi connectivity index (χ1) is 12.2. The Labute approximate surface area is 154 Å². The van der Waals surface area contributed by atoms with Crippen molar-refractivity contribution in [1.82, 2.24) is 10.3 Å². The average molecular weight is 361 g/mol. The molecular weight excluding hydrogens is 332 g/mol. The van der Waals surface area contributed by atoms with Crippen LogP contribution in [-0.2, 0) is 6.61 Å². The van der Waals surface area contributed by atoms with E-state index in [1.165, 1.54) is 43.4 Å². The van der Waals surface area contributed by atoms with Crippen LogP contribution < -0.4 is 10.1 Å². The summed E-state index contributed by atoms with van der Waals surface area (Å²) in [5, 5.41) is 3.83. The largest absolute Gasteiger partial charge is 0.486 e. The second-order valence-corrected chi connectivity index (χ2v) is 7.23. The van der Waals surface area contributed by atoms with Gasteiger partial charge in [-0.25, -0.2) is 4.98 Å². The van der Waals surface area contributed by atoms with Crippen LogP contribution in [0.25, 0.3) is 0 Å². The van der Waals surface area contributed by atoms with E-state index in [0.717, 1.165) is 29.4 Å². The van der Waals surface area contributed by atoms with Gasteiger partial charge in [-0.15, -0.1) is 11.3 Å². The number of unbranched alkanes of at least 4 members (excludes halogenated alkanes) is 5. The quantitative estimate of drug-likeness (QED) is 0.566. The van der Waals surface area contributed by atoms with Gasteiger partial charge >= 0.3 is 0 Å². The topological polar surface area (TPSA) is 51.2 Å². The number of hydrogen-bond donors (Lipinski definition) is 1. The molecule has 0 bridgehead atoms. The zero-order valence-electron chi connectivity index (χ0n) is 15.2. The molecule has 136 valence electrons. The Balaban J connectivity index is 1.74. The highest BCUT2D eigenvalue weighted by atomic mass is 32.1. The Hall–Kier alpha value is -1.88. The van der Waals surface area contributed by atoms with Crippen molar-refractivity contribution in [2.24, 2.45) is 0 Å². The van der Waals surface area contributed by atoms with Gasteiger partial charge in [0.05, 0.1) is 5.69 Å². The van der Waals surface area contributed by atoms with E-state index in [4.69, 9.17) is 4.74 Å². The van der Waals surface area contributed by atoms with Crippen LogP contribution in [0, 0.1) is 6.92 Å². The van der Waals surface area contributed by atoms with Gasteiger partial charge in [0.25, 0.3) is 5.91 Å². The van der Waals surface area contributed by atoms with Crippen LogP contribution >= 0.6 is 11.3 Å². The van der Waals surface area contributed by atoms with Crippen LogP contribution in [0.2, 0.25) is 0 Å². The van der Waals surface area contributed by atoms with Gasteiger partial charge in [-0.05, 0) is 25.5 Å². The molecule has 25 heavy (non-hydrogen) atoms. The second-order valence-electron chi connectivity index (χ2n) is 6.15. The van der Waals surface area contributed by atoms with Gasteiger partial charge in [0.15, 0.2) is 0 Å². The van der Waals surface area contributed by atoms with E-state index in [9.17, 15) is 4.79 Å². The van der Waals surface area contributed by atoms with Crippen molar-refractivity contribution in [3.05, 3.63) is 45.9 Å². The van der Waals surface area contributed by atoms with Crippen LogP contribution in [0.1, 0.15) is 65.8 Å². The minimum Gasteiger partial charge on any atom is -0.486 e. The molecule has 0 radical (unpaired) electrons. The highest BCUT2D eigenvalue weighted by molar-refractivity contribution is 7.13. The van der Waals surface area contributed by atoms with E-state index >= 15 is 0 Å². The maximum absolute atomic E-state index is 12.3. The Bertz CT molecular complexity index is 640. The lowest BCUT2D eigenvalue weighted by atomic mass is 10.1. The van der Waals surface area contributed by atoms with E-state index in [0.29, 0.717) is 11.5 Å². The molecule has 1 aromatic carbocycles. The fourth-order valence-corrected chi connectivity index (χ4v) is 3.47. The summed E-state index contributed by atoms with van der Waals surface area (Å²) in [7, 11) is 0. The highest BCUT2D eigenvalue weighted by Crippen LogP contribution is 2.20. The number of benzene rings is 1. The number of nitrogens with one attached hydrogen (secondary N) is 1. The normalized spacial score (nSPS) is 10.6. The fourth-order valence-electron chi connectivity index (χ4n) is 2.57. The van der Waals surface area contributed by atoms with E-state index in [1.54, 1.807) is 0 Å². The summed E-state index contributed by atoms with van der Waals surface area (Å²) in [6.45, 7) is 5.22. The maximum atomic E-state index is 12.3. The van der Waals surface area contributed by atoms with Gasteiger partial charge in [-0.1, -0.05) is 57.2 Å². The van der Waals surface area contributed by atoms with E-state index in [-0.39, 0.29) is 5.91 Å². The zero-order valence-corrected chi connectivity index (χ0v) is 16.0. The molecule has 2 rings (SSSR count). The molecule has 1 heterocycles. The lowest BCUT2D eigenvalue weighted by Gasteiger charge is -2.04. The number of ether oxygens (including phenoxy) is 1. The molecule has 1 aromatic heterocycles. The predicted octanol–water partition coefficient (Wildman–Crippen LogP) is 5.12. The maximum Gasteiger partial charge on any atom is 0.263 e. The molecule has 0 saturated heterocycles. The van der Waals surface area contributed by atoms with Crippen molar-refractivity contribution in [1.29, 1.82) is 0 Å². The van der Waals surface area contributed by atoms with Crippen molar-refractivity contribution in [2.45, 2.75) is 59.0 Å². The van der Waals surface area contributed by atoms with Crippen molar-refractivity contribution in [3.63, 3.8) is 0 Å². The van der Waals surface area contributed by atoms with Crippen molar-refractivity contribution >= 4 is 17.2 Å². The van der Waals surface area contributed by atoms with Crippen LogP contribution in [0.5, 0.6) is 5.75 Å². The van der Waals surface area contributed by atoms with E-state index in [1.807, 2.05) is 37.3 Å². The number of aromatic nitrogens is 1. The Kier molecular flexibility index (Phi) is 8.46. The third kappa shape index (κ3) is 6.86. The molecule has 0 aliphatic heterocycles. The summed E-state index contributed by atoms with van der Waals surface area (Å²) >= 11 is 1.41. The van der Waals surface area contributed by atoms with Crippen molar-refractivity contribution in [3.8, 4) is 5.75 Å². The van der Waals surface area contributed by atoms with Gasteiger partial charge in [-0.3, -0.25) is 4.79 Å². The molecule has 0 unspecified atom stereocenters. The monoisotopic (exact) mass is 360 g/mol. The summed E-state index contributed by atoms with van der Waals surface area (Å²) in [5.74, 6) is 0.791. The highest BCUT2D eigenvalue weighted by Gasteiger charge is 2.15. The number of nitrogens with zero attached hydrogens (tertiary/aromatic N) is 1. The van der Waals surface area contributed by atoms with E-state index < -0.39 is 0 Å². The number of hydrogen-bond acceptors (Lipinski definition) is 4. The molecule has 4 nitrogen and oxygen atoms in total. The predicted molar refractivity (Wildman–Crippen MR) is 103 cm³/mol. The van der Waals surface area contributed by atoms with E-state index in [2.05, 4.69) is 17.2 Å². The van der Waals surface area contributed by atoms with Crippen LogP contribution in [-0.4, -0.2) is 17.4 Å². The first-order valence-corrected chi connectivity index (χ1v) is 9.94. The number of amides is 1. The number of carbonyl (C=O) groups excluding carboxylic acids is 1. The van der Waals surface area contributed by atoms with Crippen molar-refractivity contribution in [2.75, 3.05) is 6.54 Å². The lowest BCUT2D eigenvalue weighted by molar-refractivity contribution is 0.0956. The first kappa shape index (κ1) is 19.4. The molecule has 0 spiro atoms. The van der Waals surface area contributed by atoms with Crippen LogP contribution in [0.15, 0.2) is 30.3 Å². The van der Waals surface area contributed by atoms with Gasteiger partial charge in [0.1, 0.15) is 22.2 Å². The average Bonchev–Trinajstić information content (AvgIpc) is 3.01. The Morgan fingerprint density at radius 2 is 1.84 bits per heavy atom. The van der Waals surface area contributed by atoms with Gasteiger partial charge in [0.2, 0.25) is 0 Å². The fraction of sp³-hybridized carbons (Fsp3) is 0.500. The summed E-state index contributed by atoms with van der Waals surface area (Å²) in [6, 6.07) is 9.64.